The van der Waals surface area contributed by atoms with Crippen molar-refractivity contribution in [3.8, 4) is 0 Å². The molecular formula is C16H28N6O4Si. The Balaban J connectivity index is 1.97. The smallest absolute Gasteiger partial charge is 0.167 e. The van der Waals surface area contributed by atoms with Gasteiger partial charge < -0.3 is 20.7 Å². The Kier molecular flexibility index (Phi) is 5.03. The monoisotopic (exact) mass is 396 g/mol. The van der Waals surface area contributed by atoms with E-state index in [2.05, 4.69) is 48.8 Å². The van der Waals surface area contributed by atoms with Gasteiger partial charge in [0.2, 0.25) is 0 Å². The summed E-state index contributed by atoms with van der Waals surface area (Å²) in [5.74, 6) is 5.68. The molecule has 10 nitrogen and oxygen atoms in total. The molecule has 0 spiro atoms. The van der Waals surface area contributed by atoms with Crippen LogP contribution in [0.3, 0.4) is 0 Å². The lowest BCUT2D eigenvalue weighted by Crippen LogP contribution is -2.58. The number of aliphatic hydroxyl groups excluding tert-OH is 2. The van der Waals surface area contributed by atoms with Crippen molar-refractivity contribution in [3.63, 3.8) is 0 Å². The molecule has 5 atom stereocenters. The van der Waals surface area contributed by atoms with Crippen LogP contribution in [0.2, 0.25) is 18.1 Å². The largest absolute Gasteiger partial charge is 0.394 e. The van der Waals surface area contributed by atoms with E-state index >= 15 is 0 Å². The number of nitrogen functional groups attached to an aromatic ring is 1. The molecule has 0 bridgehead atoms. The topological polar surface area (TPSA) is 155 Å². The zero-order chi connectivity index (χ0) is 20.1. The quantitative estimate of drug-likeness (QED) is 0.423. The second-order valence-electron chi connectivity index (χ2n) is 8.58. The Morgan fingerprint density at radius 2 is 1.96 bits per heavy atom. The molecule has 150 valence electrons. The highest BCUT2D eigenvalue weighted by atomic mass is 28.3. The van der Waals surface area contributed by atoms with Gasteiger partial charge in [-0.15, -0.1) is 0 Å². The van der Waals surface area contributed by atoms with E-state index in [1.165, 1.54) is 12.7 Å². The summed E-state index contributed by atoms with van der Waals surface area (Å²) in [6.45, 7) is 10.4. The molecule has 11 heteroatoms. The summed E-state index contributed by atoms with van der Waals surface area (Å²) in [6.07, 6.45) is -0.882. The number of imidazole rings is 1. The number of aromatic nitrogens is 4. The number of rotatable bonds is 4. The van der Waals surface area contributed by atoms with Gasteiger partial charge in [0, 0.05) is 0 Å². The number of nitrogens with zero attached hydrogens (tertiary/aromatic N) is 4. The summed E-state index contributed by atoms with van der Waals surface area (Å²) < 4.78 is 7.62. The highest BCUT2D eigenvalue weighted by Crippen LogP contribution is 2.43. The molecule has 1 unspecified atom stereocenters. The molecule has 1 fully saturated rings. The van der Waals surface area contributed by atoms with Crippen LogP contribution in [0.1, 0.15) is 27.0 Å². The summed E-state index contributed by atoms with van der Waals surface area (Å²) in [7, 11) is -2.22. The summed E-state index contributed by atoms with van der Waals surface area (Å²) in [5, 5.41) is 21.8. The van der Waals surface area contributed by atoms with E-state index in [0.717, 1.165) is 0 Å². The van der Waals surface area contributed by atoms with Gasteiger partial charge in [-0.05, 0) is 5.04 Å². The molecule has 0 saturated carbocycles. The first-order valence-corrected chi connectivity index (χ1v) is 11.9. The molecular weight excluding hydrogens is 368 g/mol. The van der Waals surface area contributed by atoms with E-state index < -0.39 is 38.3 Å². The van der Waals surface area contributed by atoms with Crippen molar-refractivity contribution in [2.75, 3.05) is 5.73 Å². The van der Waals surface area contributed by atoms with Gasteiger partial charge >= 0.3 is 0 Å². The molecule has 1 aliphatic heterocycles. The second-order valence-corrected chi connectivity index (χ2v) is 14.1. The van der Waals surface area contributed by atoms with Crippen LogP contribution in [0.4, 0.5) is 5.82 Å². The van der Waals surface area contributed by atoms with Crippen LogP contribution in [-0.2, 0) is 9.57 Å². The average Bonchev–Trinajstić information content (AvgIpc) is 3.14. The molecule has 0 aromatic carbocycles. The van der Waals surface area contributed by atoms with Gasteiger partial charge in [0.05, 0.1) is 20.1 Å². The van der Waals surface area contributed by atoms with Crippen molar-refractivity contribution >= 4 is 25.1 Å². The fourth-order valence-corrected chi connectivity index (χ4v) is 5.21. The molecule has 0 aliphatic carbocycles. The third-order valence-corrected chi connectivity index (χ3v) is 11.7. The Morgan fingerprint density at radius 1 is 1.30 bits per heavy atom. The van der Waals surface area contributed by atoms with Crippen molar-refractivity contribution in [1.29, 1.82) is 0 Å². The molecule has 1 aliphatic rings. The minimum atomic E-state index is -2.22. The maximum atomic E-state index is 11.1. The predicted molar refractivity (Wildman–Crippen MR) is 102 cm³/mol. The van der Waals surface area contributed by atoms with Crippen molar-refractivity contribution in [2.45, 2.75) is 69.2 Å². The first-order valence-electron chi connectivity index (χ1n) is 8.81. The molecule has 6 N–H and O–H groups in total. The Morgan fingerprint density at radius 3 is 2.56 bits per heavy atom. The number of aliphatic hydroxyl groups is 2. The minimum absolute atomic E-state index is 0.0959. The molecule has 0 radical (unpaired) electrons. The Labute approximate surface area is 158 Å². The lowest BCUT2D eigenvalue weighted by Gasteiger charge is -2.43. The summed E-state index contributed by atoms with van der Waals surface area (Å²) in [4.78, 5) is 17.3. The van der Waals surface area contributed by atoms with Gasteiger partial charge in [0.25, 0.3) is 0 Å². The van der Waals surface area contributed by atoms with Gasteiger partial charge in [-0.2, -0.15) is 0 Å². The normalized spacial score (nSPS) is 28.0. The molecule has 2 aromatic heterocycles. The zero-order valence-electron chi connectivity index (χ0n) is 16.2. The number of nitrogens with two attached hydrogens (primary N) is 2. The van der Waals surface area contributed by atoms with E-state index in [1.807, 2.05) is 0 Å². The van der Waals surface area contributed by atoms with E-state index in [0.29, 0.717) is 11.2 Å². The lowest BCUT2D eigenvalue weighted by molar-refractivity contribution is -0.0769. The van der Waals surface area contributed by atoms with Crippen molar-refractivity contribution < 1.29 is 19.8 Å². The zero-order valence-corrected chi connectivity index (χ0v) is 17.2. The average molecular weight is 397 g/mol. The van der Waals surface area contributed by atoms with Gasteiger partial charge in [-0.1, -0.05) is 33.9 Å². The van der Waals surface area contributed by atoms with Crippen LogP contribution in [0.5, 0.6) is 0 Å². The van der Waals surface area contributed by atoms with Crippen LogP contribution in [-0.4, -0.2) is 61.8 Å². The molecule has 2 aromatic rings. The van der Waals surface area contributed by atoms with Crippen molar-refractivity contribution in [2.24, 2.45) is 5.90 Å². The van der Waals surface area contributed by atoms with Crippen LogP contribution in [0.15, 0.2) is 12.7 Å². The number of hydrogen-bond acceptors (Lipinski definition) is 9. The first-order chi connectivity index (χ1) is 12.5. The third-order valence-electron chi connectivity index (χ3n) is 6.05. The van der Waals surface area contributed by atoms with Gasteiger partial charge in [-0.3, -0.25) is 9.40 Å². The van der Waals surface area contributed by atoms with E-state index in [1.54, 1.807) is 4.57 Å². The lowest BCUT2D eigenvalue weighted by atomic mass is 10.1. The highest BCUT2D eigenvalue weighted by molar-refractivity contribution is 6.81. The number of ether oxygens (including phenoxy) is 1. The number of fused-ring (bicyclic) bond motifs is 1. The predicted octanol–water partition coefficient (Wildman–Crippen LogP) is 0.334. The van der Waals surface area contributed by atoms with Gasteiger partial charge in [0.15, 0.2) is 17.7 Å². The standard InChI is InChI=1S/C16H28N6O4Si/c1-16(2,3)27(4,5)15(24)11-10(26-18)9(23)14(25-11)22-7-21-8-12(17)19-6-20-13(8)22/h6-7,9-11,14-15,23-24H,18H2,1-5H3,(H2,17,19,20)/t9-,10+,11+,14-,15?/m1/s1. The van der Waals surface area contributed by atoms with Crippen LogP contribution < -0.4 is 11.6 Å². The van der Waals surface area contributed by atoms with Crippen LogP contribution in [0.25, 0.3) is 11.2 Å². The van der Waals surface area contributed by atoms with Crippen LogP contribution >= 0.6 is 0 Å². The molecule has 3 heterocycles. The second kappa shape index (κ2) is 6.76. The Bertz CT molecular complexity index is 823. The molecule has 27 heavy (non-hydrogen) atoms. The van der Waals surface area contributed by atoms with Crippen LogP contribution in [0, 0.1) is 0 Å². The fourth-order valence-electron chi connectivity index (χ4n) is 3.23. The maximum Gasteiger partial charge on any atom is 0.167 e. The van der Waals surface area contributed by atoms with E-state index in [9.17, 15) is 10.2 Å². The number of anilines is 1. The summed E-state index contributed by atoms with van der Waals surface area (Å²) in [5.41, 5.74) is 5.85. The number of hydrogen-bond donors (Lipinski definition) is 4. The summed E-state index contributed by atoms with van der Waals surface area (Å²) >= 11 is 0. The van der Waals surface area contributed by atoms with Crippen molar-refractivity contribution in [3.05, 3.63) is 12.7 Å². The Hall–Kier alpha value is -1.63. The SMILES string of the molecule is CC(C)(C)[Si](C)(C)C(O)[C@H]1O[C@@H](n2cnc3c(N)ncnc32)[C@H](O)[C@@H]1ON. The fraction of sp³-hybridized carbons (Fsp3) is 0.688. The molecule has 3 rings (SSSR count). The summed E-state index contributed by atoms with van der Waals surface area (Å²) in [6, 6.07) is 0. The molecule has 0 amide bonds. The first kappa shape index (κ1) is 20.1. The van der Waals surface area contributed by atoms with Gasteiger partial charge in [-0.25, -0.2) is 20.8 Å². The minimum Gasteiger partial charge on any atom is -0.394 e. The highest BCUT2D eigenvalue weighted by Gasteiger charge is 2.55. The van der Waals surface area contributed by atoms with Gasteiger partial charge in [0.1, 0.15) is 30.2 Å². The van der Waals surface area contributed by atoms with Crippen molar-refractivity contribution in [1.82, 2.24) is 19.5 Å². The maximum absolute atomic E-state index is 11.1. The third kappa shape index (κ3) is 3.13. The van der Waals surface area contributed by atoms with E-state index in [-0.39, 0.29) is 10.9 Å². The molecule has 1 saturated heterocycles. The van der Waals surface area contributed by atoms with E-state index in [4.69, 9.17) is 21.2 Å².